The Balaban J connectivity index is 2.34. The number of nitrogens with two attached hydrogens (primary N) is 1. The van der Waals surface area contributed by atoms with Crippen molar-refractivity contribution in [3.8, 4) is 17.2 Å². The molecule has 0 radical (unpaired) electrons. The van der Waals surface area contributed by atoms with Crippen molar-refractivity contribution >= 4 is 11.6 Å². The lowest BCUT2D eigenvalue weighted by atomic mass is 10.0. The van der Waals surface area contributed by atoms with E-state index in [0.717, 1.165) is 11.1 Å². The van der Waals surface area contributed by atoms with Gasteiger partial charge in [0.2, 0.25) is 11.7 Å². The van der Waals surface area contributed by atoms with Crippen LogP contribution in [0.2, 0.25) is 0 Å². The highest BCUT2D eigenvalue weighted by Gasteiger charge is 2.23. The van der Waals surface area contributed by atoms with Crippen molar-refractivity contribution in [1.82, 2.24) is 0 Å². The number of likely N-dealkylation sites (N-methyl/N-ethyl adjacent to an activating group) is 1. The van der Waals surface area contributed by atoms with Gasteiger partial charge >= 0.3 is 0 Å². The van der Waals surface area contributed by atoms with Gasteiger partial charge in [0.1, 0.15) is 6.04 Å². The Morgan fingerprint density at radius 3 is 1.96 bits per heavy atom. The molecule has 6 nitrogen and oxygen atoms in total. The second-order valence-electron chi connectivity index (χ2n) is 5.67. The van der Waals surface area contributed by atoms with Crippen LogP contribution in [0.1, 0.15) is 17.2 Å². The lowest BCUT2D eigenvalue weighted by Gasteiger charge is -2.23. The number of nitrogens with zero attached hydrogens (tertiary/aromatic N) is 1. The summed E-state index contributed by atoms with van der Waals surface area (Å²) in [4.78, 5) is 14.3. The summed E-state index contributed by atoms with van der Waals surface area (Å²) in [6, 6.07) is 10.2. The molecule has 2 aromatic rings. The largest absolute Gasteiger partial charge is 0.493 e. The highest BCUT2D eigenvalue weighted by atomic mass is 16.5. The van der Waals surface area contributed by atoms with Crippen molar-refractivity contribution in [1.29, 1.82) is 0 Å². The van der Waals surface area contributed by atoms with E-state index >= 15 is 0 Å². The number of anilines is 1. The van der Waals surface area contributed by atoms with Crippen LogP contribution in [0.15, 0.2) is 36.4 Å². The molecule has 0 aromatic heterocycles. The lowest BCUT2D eigenvalue weighted by Crippen LogP contribution is -2.35. The van der Waals surface area contributed by atoms with Gasteiger partial charge in [0.25, 0.3) is 0 Å². The van der Waals surface area contributed by atoms with E-state index < -0.39 is 6.04 Å². The zero-order chi connectivity index (χ0) is 18.6. The van der Waals surface area contributed by atoms with E-state index in [4.69, 9.17) is 19.9 Å². The molecule has 0 aliphatic carbocycles. The van der Waals surface area contributed by atoms with E-state index in [0.29, 0.717) is 22.9 Å². The Morgan fingerprint density at radius 2 is 1.52 bits per heavy atom. The molecular formula is C19H24N2O4. The van der Waals surface area contributed by atoms with Crippen molar-refractivity contribution in [3.05, 3.63) is 47.5 Å². The van der Waals surface area contributed by atoms with Crippen molar-refractivity contribution < 1.29 is 19.0 Å². The molecule has 1 amide bonds. The van der Waals surface area contributed by atoms with Crippen LogP contribution in [0.3, 0.4) is 0 Å². The van der Waals surface area contributed by atoms with Crippen LogP contribution in [-0.2, 0) is 4.79 Å². The summed E-state index contributed by atoms with van der Waals surface area (Å²) in [5.41, 5.74) is 8.62. The normalized spacial score (nSPS) is 11.6. The highest BCUT2D eigenvalue weighted by Crippen LogP contribution is 2.41. The van der Waals surface area contributed by atoms with Crippen molar-refractivity contribution in [2.24, 2.45) is 5.73 Å². The standard InChI is InChI=1S/C19H24N2O4/c1-12-6-8-13(9-7-12)17(20)19(22)21(2)14-10-15(23-3)18(25-5)16(11-14)24-4/h6-11,17H,20H2,1-5H3. The fourth-order valence-electron chi connectivity index (χ4n) is 2.51. The van der Waals surface area contributed by atoms with Gasteiger partial charge in [-0.25, -0.2) is 0 Å². The molecule has 1 atom stereocenters. The average molecular weight is 344 g/mol. The molecule has 0 saturated heterocycles. The predicted molar refractivity (Wildman–Crippen MR) is 97.6 cm³/mol. The summed E-state index contributed by atoms with van der Waals surface area (Å²) in [5.74, 6) is 1.18. The Kier molecular flexibility index (Phi) is 5.88. The molecule has 25 heavy (non-hydrogen) atoms. The van der Waals surface area contributed by atoms with Gasteiger partial charge < -0.3 is 24.8 Å². The lowest BCUT2D eigenvalue weighted by molar-refractivity contribution is -0.119. The maximum atomic E-state index is 12.8. The van der Waals surface area contributed by atoms with Gasteiger partial charge in [0.05, 0.1) is 27.0 Å². The third kappa shape index (κ3) is 3.85. The summed E-state index contributed by atoms with van der Waals surface area (Å²) >= 11 is 0. The highest BCUT2D eigenvalue weighted by molar-refractivity contribution is 5.97. The molecule has 1 unspecified atom stereocenters. The number of rotatable bonds is 6. The molecule has 2 aromatic carbocycles. The first-order valence-electron chi connectivity index (χ1n) is 7.82. The van der Waals surface area contributed by atoms with E-state index in [-0.39, 0.29) is 5.91 Å². The first kappa shape index (κ1) is 18.6. The van der Waals surface area contributed by atoms with Crippen LogP contribution >= 0.6 is 0 Å². The monoisotopic (exact) mass is 344 g/mol. The van der Waals surface area contributed by atoms with Crippen molar-refractivity contribution in [3.63, 3.8) is 0 Å². The summed E-state index contributed by atoms with van der Waals surface area (Å²) in [5, 5.41) is 0. The second kappa shape index (κ2) is 7.90. The first-order chi connectivity index (χ1) is 11.9. The van der Waals surface area contributed by atoms with Crippen LogP contribution in [0.25, 0.3) is 0 Å². The van der Waals surface area contributed by atoms with Crippen LogP contribution < -0.4 is 24.8 Å². The molecule has 134 valence electrons. The molecule has 0 bridgehead atoms. The van der Waals surface area contributed by atoms with E-state index in [9.17, 15) is 4.79 Å². The maximum absolute atomic E-state index is 12.8. The zero-order valence-corrected chi connectivity index (χ0v) is 15.2. The van der Waals surface area contributed by atoms with Crippen LogP contribution in [-0.4, -0.2) is 34.3 Å². The summed E-state index contributed by atoms with van der Waals surface area (Å²) in [7, 11) is 6.25. The van der Waals surface area contributed by atoms with Gasteiger partial charge in [0, 0.05) is 19.2 Å². The van der Waals surface area contributed by atoms with Gasteiger partial charge in [-0.05, 0) is 12.5 Å². The van der Waals surface area contributed by atoms with E-state index in [1.807, 2.05) is 31.2 Å². The van der Waals surface area contributed by atoms with Crippen molar-refractivity contribution in [2.45, 2.75) is 13.0 Å². The third-order valence-corrected chi connectivity index (χ3v) is 4.07. The van der Waals surface area contributed by atoms with Gasteiger partial charge in [-0.1, -0.05) is 29.8 Å². The average Bonchev–Trinajstić information content (AvgIpc) is 2.65. The molecule has 2 rings (SSSR count). The van der Waals surface area contributed by atoms with Gasteiger partial charge in [-0.15, -0.1) is 0 Å². The summed E-state index contributed by atoms with van der Waals surface area (Å²) in [6.07, 6.45) is 0. The number of amides is 1. The van der Waals surface area contributed by atoms with Gasteiger partial charge in [-0.2, -0.15) is 0 Å². The van der Waals surface area contributed by atoms with E-state index in [2.05, 4.69) is 0 Å². The number of carbonyl (C=O) groups excluding carboxylic acids is 1. The molecule has 0 aliphatic heterocycles. The minimum Gasteiger partial charge on any atom is -0.493 e. The number of benzene rings is 2. The van der Waals surface area contributed by atoms with E-state index in [1.54, 1.807) is 19.2 Å². The fraction of sp³-hybridized carbons (Fsp3) is 0.316. The Hall–Kier alpha value is -2.73. The number of methoxy groups -OCH3 is 3. The SMILES string of the molecule is COc1cc(N(C)C(=O)C(N)c2ccc(C)cc2)cc(OC)c1OC. The number of hydrogen-bond donors (Lipinski definition) is 1. The predicted octanol–water partition coefficient (Wildman–Crippen LogP) is 2.68. The van der Waals surface area contributed by atoms with Gasteiger partial charge in [-0.3, -0.25) is 4.79 Å². The molecule has 0 spiro atoms. The maximum Gasteiger partial charge on any atom is 0.248 e. The minimum atomic E-state index is -0.760. The van der Waals surface area contributed by atoms with Crippen molar-refractivity contribution in [2.75, 3.05) is 33.3 Å². The number of hydrogen-bond acceptors (Lipinski definition) is 5. The fourth-order valence-corrected chi connectivity index (χ4v) is 2.51. The quantitative estimate of drug-likeness (QED) is 0.872. The molecule has 0 fully saturated rings. The third-order valence-electron chi connectivity index (χ3n) is 4.07. The topological polar surface area (TPSA) is 74.0 Å². The molecule has 0 saturated carbocycles. The van der Waals surface area contributed by atoms with Crippen LogP contribution in [0.4, 0.5) is 5.69 Å². The summed E-state index contributed by atoms with van der Waals surface area (Å²) < 4.78 is 16.0. The number of aryl methyl sites for hydroxylation is 1. The molecule has 2 N–H and O–H groups in total. The molecule has 0 heterocycles. The van der Waals surface area contributed by atoms with Gasteiger partial charge in [0.15, 0.2) is 11.5 Å². The zero-order valence-electron chi connectivity index (χ0n) is 15.2. The summed E-state index contributed by atoms with van der Waals surface area (Å²) in [6.45, 7) is 1.99. The van der Waals surface area contributed by atoms with Crippen LogP contribution in [0.5, 0.6) is 17.2 Å². The smallest absolute Gasteiger partial charge is 0.248 e. The number of carbonyl (C=O) groups is 1. The second-order valence-corrected chi connectivity index (χ2v) is 5.67. The Labute approximate surface area is 148 Å². The Morgan fingerprint density at radius 1 is 1.00 bits per heavy atom. The number of ether oxygens (including phenoxy) is 3. The molecular weight excluding hydrogens is 320 g/mol. The molecule has 0 aliphatic rings. The molecule has 6 heteroatoms. The Bertz CT molecular complexity index is 719. The minimum absolute atomic E-state index is 0.238. The van der Waals surface area contributed by atoms with E-state index in [1.165, 1.54) is 26.2 Å². The van der Waals surface area contributed by atoms with Crippen LogP contribution in [0, 0.1) is 6.92 Å². The first-order valence-corrected chi connectivity index (χ1v) is 7.82.